The van der Waals surface area contributed by atoms with Crippen LogP contribution in [-0.2, 0) is 4.79 Å². The fraction of sp³-hybridized carbons (Fsp3) is 0.950. The number of aliphatic hydroxyl groups is 1. The Morgan fingerprint density at radius 1 is 0.682 bits per heavy atom. The van der Waals surface area contributed by atoms with Crippen LogP contribution in [0.25, 0.3) is 0 Å². The van der Waals surface area contributed by atoms with Gasteiger partial charge >= 0.3 is 0 Å². The summed E-state index contributed by atoms with van der Waals surface area (Å²) in [5.74, 6) is 0.0690. The van der Waals surface area contributed by atoms with Gasteiger partial charge in [-0.1, -0.05) is 97.3 Å². The summed E-state index contributed by atoms with van der Waals surface area (Å²) in [5, 5.41) is 9.88. The van der Waals surface area contributed by atoms with Gasteiger partial charge in [0.2, 0.25) is 0 Å². The average molecular weight is 313 g/mol. The van der Waals surface area contributed by atoms with Crippen LogP contribution in [0.15, 0.2) is 0 Å². The highest BCUT2D eigenvalue weighted by atomic mass is 16.3. The van der Waals surface area contributed by atoms with Crippen LogP contribution < -0.4 is 0 Å². The second-order valence-electron chi connectivity index (χ2n) is 6.76. The van der Waals surface area contributed by atoms with E-state index in [4.69, 9.17) is 0 Å². The number of carbonyl (C=O) groups is 1. The van der Waals surface area contributed by atoms with E-state index in [1.807, 2.05) is 0 Å². The van der Waals surface area contributed by atoms with Crippen LogP contribution in [0.5, 0.6) is 0 Å². The first-order chi connectivity index (χ1) is 10.7. The van der Waals surface area contributed by atoms with E-state index in [-0.39, 0.29) is 5.78 Å². The van der Waals surface area contributed by atoms with Crippen molar-refractivity contribution in [3.05, 3.63) is 0 Å². The molecule has 0 rings (SSSR count). The standard InChI is InChI=1S/C20H40O2/c1-3-5-7-9-11-13-15-17-19(21)20(22)18-16-14-12-10-8-6-4-2/h19,21H,3-18H2,1-2H3. The van der Waals surface area contributed by atoms with Crippen LogP contribution in [0.4, 0.5) is 0 Å². The van der Waals surface area contributed by atoms with Crippen LogP contribution in [0.2, 0.25) is 0 Å². The molecule has 132 valence electrons. The minimum atomic E-state index is -0.698. The number of unbranched alkanes of at least 4 members (excludes halogenated alkanes) is 12. The van der Waals surface area contributed by atoms with Gasteiger partial charge in [-0.3, -0.25) is 4.79 Å². The van der Waals surface area contributed by atoms with Gasteiger partial charge in [-0.25, -0.2) is 0 Å². The van der Waals surface area contributed by atoms with Crippen molar-refractivity contribution in [1.82, 2.24) is 0 Å². The highest BCUT2D eigenvalue weighted by Gasteiger charge is 2.13. The summed E-state index contributed by atoms with van der Waals surface area (Å²) in [6.45, 7) is 4.46. The smallest absolute Gasteiger partial charge is 0.161 e. The fourth-order valence-electron chi connectivity index (χ4n) is 2.88. The highest BCUT2D eigenvalue weighted by molar-refractivity contribution is 5.82. The van der Waals surface area contributed by atoms with E-state index in [0.717, 1.165) is 25.7 Å². The Morgan fingerprint density at radius 2 is 1.09 bits per heavy atom. The molecule has 0 amide bonds. The Bertz CT molecular complexity index is 238. The van der Waals surface area contributed by atoms with Gasteiger partial charge in [0.1, 0.15) is 6.10 Å². The molecule has 0 radical (unpaired) electrons. The maximum absolute atomic E-state index is 11.8. The predicted molar refractivity (Wildman–Crippen MR) is 96.2 cm³/mol. The molecular formula is C20H40O2. The minimum absolute atomic E-state index is 0.0690. The number of ketones is 1. The van der Waals surface area contributed by atoms with Gasteiger partial charge in [-0.2, -0.15) is 0 Å². The van der Waals surface area contributed by atoms with E-state index >= 15 is 0 Å². The Kier molecular flexibility index (Phi) is 16.7. The Balaban J connectivity index is 3.36. The van der Waals surface area contributed by atoms with Crippen LogP contribution >= 0.6 is 0 Å². The van der Waals surface area contributed by atoms with Crippen molar-refractivity contribution >= 4 is 5.78 Å². The van der Waals surface area contributed by atoms with Crippen LogP contribution in [0.3, 0.4) is 0 Å². The van der Waals surface area contributed by atoms with E-state index in [2.05, 4.69) is 13.8 Å². The van der Waals surface area contributed by atoms with Gasteiger partial charge in [0.15, 0.2) is 5.78 Å². The zero-order valence-corrected chi connectivity index (χ0v) is 15.2. The number of hydrogen-bond donors (Lipinski definition) is 1. The number of Topliss-reactive ketones (excluding diaryl/α,β-unsaturated/α-hetero) is 1. The summed E-state index contributed by atoms with van der Waals surface area (Å²) in [4.78, 5) is 11.8. The average Bonchev–Trinajstić information content (AvgIpc) is 2.52. The normalized spacial score (nSPS) is 12.5. The first-order valence-electron chi connectivity index (χ1n) is 9.93. The second-order valence-corrected chi connectivity index (χ2v) is 6.76. The first kappa shape index (κ1) is 21.6. The zero-order valence-electron chi connectivity index (χ0n) is 15.2. The molecule has 0 aliphatic carbocycles. The van der Waals surface area contributed by atoms with Crippen LogP contribution in [0, 0.1) is 0 Å². The monoisotopic (exact) mass is 312 g/mol. The third kappa shape index (κ3) is 14.6. The molecule has 2 nitrogen and oxygen atoms in total. The Hall–Kier alpha value is -0.370. The molecule has 22 heavy (non-hydrogen) atoms. The Morgan fingerprint density at radius 3 is 1.59 bits per heavy atom. The predicted octanol–water partition coefficient (Wildman–Crippen LogP) is 6.20. The van der Waals surface area contributed by atoms with Gasteiger partial charge in [0.25, 0.3) is 0 Å². The third-order valence-electron chi connectivity index (χ3n) is 4.48. The Labute approximate surface area is 139 Å². The zero-order chi connectivity index (χ0) is 16.5. The molecule has 0 bridgehead atoms. The molecule has 0 aromatic heterocycles. The molecule has 1 N–H and O–H groups in total. The third-order valence-corrected chi connectivity index (χ3v) is 4.48. The lowest BCUT2D eigenvalue weighted by atomic mass is 10.0. The van der Waals surface area contributed by atoms with Crippen molar-refractivity contribution in [2.75, 3.05) is 0 Å². The maximum atomic E-state index is 11.8. The quantitative estimate of drug-likeness (QED) is 0.325. The molecule has 0 fully saturated rings. The lowest BCUT2D eigenvalue weighted by Gasteiger charge is -2.09. The molecule has 1 unspecified atom stereocenters. The van der Waals surface area contributed by atoms with Crippen molar-refractivity contribution in [3.63, 3.8) is 0 Å². The lowest BCUT2D eigenvalue weighted by Crippen LogP contribution is -2.19. The molecule has 1 atom stereocenters. The van der Waals surface area contributed by atoms with Gasteiger partial charge in [0.05, 0.1) is 0 Å². The molecule has 0 saturated carbocycles. The number of carbonyl (C=O) groups excluding carboxylic acids is 1. The minimum Gasteiger partial charge on any atom is -0.385 e. The van der Waals surface area contributed by atoms with Gasteiger partial charge in [-0.05, 0) is 12.8 Å². The van der Waals surface area contributed by atoms with Crippen molar-refractivity contribution in [2.45, 2.75) is 123 Å². The molecule has 2 heteroatoms. The highest BCUT2D eigenvalue weighted by Crippen LogP contribution is 2.13. The van der Waals surface area contributed by atoms with Crippen molar-refractivity contribution in [1.29, 1.82) is 0 Å². The molecule has 0 aromatic carbocycles. The molecule has 0 spiro atoms. The molecule has 0 aliphatic rings. The summed E-state index contributed by atoms with van der Waals surface area (Å²) in [5.41, 5.74) is 0. The summed E-state index contributed by atoms with van der Waals surface area (Å²) in [7, 11) is 0. The van der Waals surface area contributed by atoms with Crippen LogP contribution in [0.1, 0.15) is 117 Å². The van der Waals surface area contributed by atoms with E-state index in [0.29, 0.717) is 12.8 Å². The topological polar surface area (TPSA) is 37.3 Å². The largest absolute Gasteiger partial charge is 0.385 e. The molecule has 0 aromatic rings. The molecule has 0 heterocycles. The molecular weight excluding hydrogens is 272 g/mol. The summed E-state index contributed by atoms with van der Waals surface area (Å²) in [6.07, 6.45) is 17.8. The van der Waals surface area contributed by atoms with Crippen molar-refractivity contribution in [3.8, 4) is 0 Å². The summed E-state index contributed by atoms with van der Waals surface area (Å²) >= 11 is 0. The number of hydrogen-bond acceptors (Lipinski definition) is 2. The molecule has 0 aliphatic heterocycles. The van der Waals surface area contributed by atoms with E-state index in [9.17, 15) is 9.90 Å². The van der Waals surface area contributed by atoms with Crippen molar-refractivity contribution in [2.24, 2.45) is 0 Å². The summed E-state index contributed by atoms with van der Waals surface area (Å²) < 4.78 is 0. The SMILES string of the molecule is CCCCCCCCCC(=O)C(O)CCCCCCCCC. The maximum Gasteiger partial charge on any atom is 0.161 e. The van der Waals surface area contributed by atoms with Crippen molar-refractivity contribution < 1.29 is 9.90 Å². The van der Waals surface area contributed by atoms with Gasteiger partial charge in [-0.15, -0.1) is 0 Å². The number of rotatable bonds is 17. The van der Waals surface area contributed by atoms with E-state index in [1.54, 1.807) is 0 Å². The van der Waals surface area contributed by atoms with Crippen LogP contribution in [-0.4, -0.2) is 17.0 Å². The summed E-state index contributed by atoms with van der Waals surface area (Å²) in [6, 6.07) is 0. The van der Waals surface area contributed by atoms with E-state index in [1.165, 1.54) is 64.2 Å². The fourth-order valence-corrected chi connectivity index (χ4v) is 2.88. The lowest BCUT2D eigenvalue weighted by molar-refractivity contribution is -0.127. The van der Waals surface area contributed by atoms with Gasteiger partial charge < -0.3 is 5.11 Å². The van der Waals surface area contributed by atoms with E-state index < -0.39 is 6.10 Å². The number of aliphatic hydroxyl groups excluding tert-OH is 1. The van der Waals surface area contributed by atoms with Gasteiger partial charge in [0, 0.05) is 6.42 Å². The first-order valence-corrected chi connectivity index (χ1v) is 9.93. The second kappa shape index (κ2) is 17.0. The molecule has 0 saturated heterocycles.